The summed E-state index contributed by atoms with van der Waals surface area (Å²) in [5, 5.41) is 4.12. The minimum absolute atomic E-state index is 0.0408. The van der Waals surface area contributed by atoms with E-state index in [-0.39, 0.29) is 24.4 Å². The maximum absolute atomic E-state index is 13.4. The van der Waals surface area contributed by atoms with Crippen molar-refractivity contribution in [2.75, 3.05) is 32.7 Å². The zero-order valence-electron chi connectivity index (χ0n) is 19.4. The Bertz CT molecular complexity index is 1150. The molecule has 0 unspecified atom stereocenters. The Balaban J connectivity index is 1.66. The van der Waals surface area contributed by atoms with Crippen molar-refractivity contribution in [1.82, 2.24) is 19.7 Å². The maximum Gasteiger partial charge on any atom is 0.255 e. The van der Waals surface area contributed by atoms with E-state index in [0.717, 1.165) is 47.4 Å². The second kappa shape index (κ2) is 9.17. The zero-order valence-corrected chi connectivity index (χ0v) is 19.4. The van der Waals surface area contributed by atoms with E-state index in [1.54, 1.807) is 4.90 Å². The van der Waals surface area contributed by atoms with Crippen molar-refractivity contribution < 1.29 is 9.59 Å². The molecule has 2 heterocycles. The van der Waals surface area contributed by atoms with Gasteiger partial charge in [0.15, 0.2) is 0 Å². The number of fused-ring (bicyclic) bond motifs is 2. The summed E-state index contributed by atoms with van der Waals surface area (Å²) in [4.78, 5) is 30.2. The molecule has 4 rings (SSSR count). The molecule has 1 N–H and O–H groups in total. The van der Waals surface area contributed by atoms with Crippen molar-refractivity contribution in [3.05, 3.63) is 70.9 Å². The van der Waals surface area contributed by atoms with Gasteiger partial charge in [-0.1, -0.05) is 50.2 Å². The Kier molecular flexibility index (Phi) is 6.33. The molecule has 0 saturated carbocycles. The Morgan fingerprint density at radius 2 is 1.75 bits per heavy atom. The van der Waals surface area contributed by atoms with E-state index < -0.39 is 0 Å². The number of hydrogen-bond donors (Lipinski definition) is 1. The van der Waals surface area contributed by atoms with Crippen LogP contribution in [0.25, 0.3) is 10.9 Å². The van der Waals surface area contributed by atoms with Crippen LogP contribution in [0.5, 0.6) is 0 Å². The largest absolute Gasteiger partial charge is 0.353 e. The van der Waals surface area contributed by atoms with Crippen LogP contribution in [0.15, 0.2) is 48.5 Å². The molecule has 0 saturated heterocycles. The standard InChI is InChI=1S/C26H32N4O2/c1-5-29(6-2)16-15-27-23(31)17-30-25(19-11-7-8-12-20(19)26(30)32)24-18(3)28(4)22-14-10-9-13-21(22)24/h7-14,25H,5-6,15-17H2,1-4H3,(H,27,31)/t25-/m0/s1. The number of benzene rings is 2. The van der Waals surface area contributed by atoms with Crippen LogP contribution in [0.4, 0.5) is 0 Å². The molecule has 6 heteroatoms. The quantitative estimate of drug-likeness (QED) is 0.593. The second-order valence-electron chi connectivity index (χ2n) is 8.37. The lowest BCUT2D eigenvalue weighted by Gasteiger charge is -2.26. The summed E-state index contributed by atoms with van der Waals surface area (Å²) in [6, 6.07) is 15.7. The molecule has 2 aromatic carbocycles. The number of carbonyl (C=O) groups excluding carboxylic acids is 2. The van der Waals surface area contributed by atoms with Gasteiger partial charge in [0.2, 0.25) is 5.91 Å². The number of carbonyl (C=O) groups is 2. The minimum atomic E-state index is -0.279. The van der Waals surface area contributed by atoms with E-state index in [9.17, 15) is 9.59 Å². The molecular formula is C26H32N4O2. The molecule has 0 bridgehead atoms. The summed E-state index contributed by atoms with van der Waals surface area (Å²) < 4.78 is 2.17. The van der Waals surface area contributed by atoms with E-state index in [2.05, 4.69) is 47.7 Å². The number of rotatable bonds is 8. The van der Waals surface area contributed by atoms with Crippen LogP contribution in [-0.4, -0.2) is 58.9 Å². The van der Waals surface area contributed by atoms with Gasteiger partial charge in [0, 0.05) is 47.9 Å². The van der Waals surface area contributed by atoms with Gasteiger partial charge in [-0.15, -0.1) is 0 Å². The lowest BCUT2D eigenvalue weighted by Crippen LogP contribution is -2.42. The second-order valence-corrected chi connectivity index (χ2v) is 8.37. The fourth-order valence-corrected chi connectivity index (χ4v) is 4.84. The van der Waals surface area contributed by atoms with Gasteiger partial charge in [0.05, 0.1) is 6.04 Å². The average molecular weight is 433 g/mol. The third-order valence-corrected chi connectivity index (χ3v) is 6.74. The van der Waals surface area contributed by atoms with Gasteiger partial charge in [0.1, 0.15) is 6.54 Å². The maximum atomic E-state index is 13.4. The molecule has 3 aromatic rings. The summed E-state index contributed by atoms with van der Waals surface area (Å²) >= 11 is 0. The van der Waals surface area contributed by atoms with E-state index in [1.165, 1.54) is 0 Å². The fourth-order valence-electron chi connectivity index (χ4n) is 4.84. The van der Waals surface area contributed by atoms with E-state index in [0.29, 0.717) is 12.1 Å². The SMILES string of the molecule is CCN(CC)CCNC(=O)CN1C(=O)c2ccccc2[C@H]1c1c(C)n(C)c2ccccc12. The van der Waals surface area contributed by atoms with Crippen molar-refractivity contribution in [2.24, 2.45) is 7.05 Å². The van der Waals surface area contributed by atoms with Crippen LogP contribution in [0.3, 0.4) is 0 Å². The van der Waals surface area contributed by atoms with Gasteiger partial charge in [-0.2, -0.15) is 0 Å². The van der Waals surface area contributed by atoms with Gasteiger partial charge < -0.3 is 19.7 Å². The molecule has 1 aromatic heterocycles. The number of likely N-dealkylation sites (N-methyl/N-ethyl adjacent to an activating group) is 1. The Hall–Kier alpha value is -3.12. The zero-order chi connectivity index (χ0) is 22.8. The predicted molar refractivity (Wildman–Crippen MR) is 128 cm³/mol. The molecule has 168 valence electrons. The van der Waals surface area contributed by atoms with Crippen molar-refractivity contribution in [3.8, 4) is 0 Å². The first-order chi connectivity index (χ1) is 15.5. The predicted octanol–water partition coefficient (Wildman–Crippen LogP) is 3.49. The summed E-state index contributed by atoms with van der Waals surface area (Å²) in [5.41, 5.74) is 4.97. The lowest BCUT2D eigenvalue weighted by molar-refractivity contribution is -0.122. The van der Waals surface area contributed by atoms with Crippen LogP contribution < -0.4 is 5.32 Å². The highest BCUT2D eigenvalue weighted by molar-refractivity contribution is 6.02. The summed E-state index contributed by atoms with van der Waals surface area (Å²) in [7, 11) is 2.05. The Labute approximate surface area is 189 Å². The smallest absolute Gasteiger partial charge is 0.255 e. The first-order valence-electron chi connectivity index (χ1n) is 11.4. The van der Waals surface area contributed by atoms with Crippen LogP contribution in [0, 0.1) is 6.92 Å². The van der Waals surface area contributed by atoms with Gasteiger partial charge in [-0.25, -0.2) is 0 Å². The number of amides is 2. The highest BCUT2D eigenvalue weighted by atomic mass is 16.2. The number of hydrogen-bond acceptors (Lipinski definition) is 3. The molecular weight excluding hydrogens is 400 g/mol. The van der Waals surface area contributed by atoms with Crippen LogP contribution in [-0.2, 0) is 11.8 Å². The Morgan fingerprint density at radius 3 is 2.50 bits per heavy atom. The van der Waals surface area contributed by atoms with Crippen molar-refractivity contribution >= 4 is 22.7 Å². The van der Waals surface area contributed by atoms with Gasteiger partial charge >= 0.3 is 0 Å². The molecule has 0 radical (unpaired) electrons. The molecule has 2 amide bonds. The van der Waals surface area contributed by atoms with Crippen molar-refractivity contribution in [2.45, 2.75) is 26.8 Å². The fraction of sp³-hybridized carbons (Fsp3) is 0.385. The van der Waals surface area contributed by atoms with E-state index >= 15 is 0 Å². The molecule has 1 atom stereocenters. The van der Waals surface area contributed by atoms with Crippen molar-refractivity contribution in [3.63, 3.8) is 0 Å². The lowest BCUT2D eigenvalue weighted by atomic mass is 9.95. The van der Waals surface area contributed by atoms with Gasteiger partial charge in [-0.3, -0.25) is 9.59 Å². The summed E-state index contributed by atoms with van der Waals surface area (Å²) in [6.45, 7) is 9.64. The summed E-state index contributed by atoms with van der Waals surface area (Å²) in [5.74, 6) is -0.210. The normalized spacial score (nSPS) is 15.6. The highest BCUT2D eigenvalue weighted by Gasteiger charge is 2.40. The first kappa shape index (κ1) is 22.1. The molecule has 0 fully saturated rings. The monoisotopic (exact) mass is 432 g/mol. The number of nitrogens with one attached hydrogen (secondary N) is 1. The molecule has 6 nitrogen and oxygen atoms in total. The molecule has 1 aliphatic rings. The molecule has 32 heavy (non-hydrogen) atoms. The van der Waals surface area contributed by atoms with Crippen LogP contribution in [0.2, 0.25) is 0 Å². The van der Waals surface area contributed by atoms with E-state index in [1.807, 2.05) is 43.4 Å². The average Bonchev–Trinajstić information content (AvgIpc) is 3.22. The van der Waals surface area contributed by atoms with Crippen LogP contribution >= 0.6 is 0 Å². The molecule has 0 aliphatic carbocycles. The number of para-hydroxylation sites is 1. The van der Waals surface area contributed by atoms with Gasteiger partial charge in [0.25, 0.3) is 5.91 Å². The topological polar surface area (TPSA) is 57.6 Å². The van der Waals surface area contributed by atoms with Crippen molar-refractivity contribution in [1.29, 1.82) is 0 Å². The summed E-state index contributed by atoms with van der Waals surface area (Å²) in [6.07, 6.45) is 0. The van der Waals surface area contributed by atoms with Gasteiger partial charge in [-0.05, 0) is 37.7 Å². The highest BCUT2D eigenvalue weighted by Crippen LogP contribution is 2.43. The third kappa shape index (κ3) is 3.79. The van der Waals surface area contributed by atoms with E-state index in [4.69, 9.17) is 0 Å². The number of aromatic nitrogens is 1. The number of nitrogens with zero attached hydrogens (tertiary/aromatic N) is 3. The van der Waals surface area contributed by atoms with Crippen LogP contribution in [0.1, 0.15) is 47.1 Å². The minimum Gasteiger partial charge on any atom is -0.353 e. The third-order valence-electron chi connectivity index (χ3n) is 6.74. The molecule has 0 spiro atoms. The number of aryl methyl sites for hydroxylation is 1. The first-order valence-corrected chi connectivity index (χ1v) is 11.4. The molecule has 1 aliphatic heterocycles. The Morgan fingerprint density at radius 1 is 1.06 bits per heavy atom.